The van der Waals surface area contributed by atoms with E-state index in [2.05, 4.69) is 50.4 Å². The van der Waals surface area contributed by atoms with Gasteiger partial charge in [0.2, 0.25) is 0 Å². The van der Waals surface area contributed by atoms with Crippen LogP contribution in [0.5, 0.6) is 0 Å². The summed E-state index contributed by atoms with van der Waals surface area (Å²) in [5.74, 6) is -0.0802. The number of carbonyl (C=O) groups excluding carboxylic acids is 1. The Kier molecular flexibility index (Phi) is 4.79. The first kappa shape index (κ1) is 12.7. The van der Waals surface area contributed by atoms with Gasteiger partial charge in [-0.25, -0.2) is 0 Å². The van der Waals surface area contributed by atoms with E-state index >= 15 is 0 Å². The second-order valence-corrected chi connectivity index (χ2v) is 5.36. The number of rotatable bonds is 3. The molecule has 0 heterocycles. The van der Waals surface area contributed by atoms with Crippen LogP contribution in [-0.4, -0.2) is 12.5 Å². The first-order valence-corrected chi connectivity index (χ1v) is 6.25. The Labute approximate surface area is 111 Å². The minimum atomic E-state index is -0.0802. The third kappa shape index (κ3) is 3.95. The maximum atomic E-state index is 11.7. The Hall–Kier alpha value is -0.360. The lowest BCUT2D eigenvalue weighted by Crippen LogP contribution is -2.25. The van der Waals surface area contributed by atoms with Crippen LogP contribution in [0.25, 0.3) is 0 Å². The smallest absolute Gasteiger partial charge is 0.252 e. The number of carbonyl (C=O) groups is 1. The summed E-state index contributed by atoms with van der Waals surface area (Å²) in [6, 6.07) is 5.66. The van der Waals surface area contributed by atoms with Gasteiger partial charge in [-0.3, -0.25) is 4.79 Å². The Morgan fingerprint density at radius 3 is 2.87 bits per heavy atom. The van der Waals surface area contributed by atoms with Gasteiger partial charge in [0.1, 0.15) is 0 Å². The second-order valence-electron chi connectivity index (χ2n) is 3.26. The van der Waals surface area contributed by atoms with Gasteiger partial charge in [0.25, 0.3) is 5.91 Å². The van der Waals surface area contributed by atoms with Crippen LogP contribution < -0.4 is 5.32 Å². The van der Waals surface area contributed by atoms with E-state index in [1.54, 1.807) is 0 Å². The molecule has 0 aliphatic carbocycles. The van der Waals surface area contributed by atoms with Crippen LogP contribution in [-0.2, 0) is 0 Å². The van der Waals surface area contributed by atoms with Crippen molar-refractivity contribution in [2.24, 2.45) is 0 Å². The van der Waals surface area contributed by atoms with Crippen molar-refractivity contribution in [2.45, 2.75) is 6.92 Å². The lowest BCUT2D eigenvalue weighted by Gasteiger charge is -2.06. The molecule has 0 aromatic heterocycles. The molecule has 0 aliphatic rings. The van der Waals surface area contributed by atoms with Gasteiger partial charge in [0.15, 0.2) is 0 Å². The summed E-state index contributed by atoms with van der Waals surface area (Å²) in [7, 11) is 0. The van der Waals surface area contributed by atoms with Gasteiger partial charge in [-0.15, -0.1) is 0 Å². The van der Waals surface area contributed by atoms with Crippen molar-refractivity contribution in [1.82, 2.24) is 5.32 Å². The highest BCUT2D eigenvalue weighted by atomic mass is 127. The van der Waals surface area contributed by atoms with E-state index in [1.807, 2.05) is 25.1 Å². The molecular weight excluding hydrogens is 369 g/mol. The van der Waals surface area contributed by atoms with Crippen molar-refractivity contribution in [1.29, 1.82) is 0 Å². The molecule has 0 spiro atoms. The Morgan fingerprint density at radius 1 is 1.60 bits per heavy atom. The predicted molar refractivity (Wildman–Crippen MR) is 74.0 cm³/mol. The summed E-state index contributed by atoms with van der Waals surface area (Å²) in [5, 5.41) is 2.79. The second kappa shape index (κ2) is 5.65. The average Bonchev–Trinajstić information content (AvgIpc) is 2.18. The van der Waals surface area contributed by atoms with E-state index < -0.39 is 0 Å². The lowest BCUT2D eigenvalue weighted by atomic mass is 10.2. The molecule has 0 atom stereocenters. The van der Waals surface area contributed by atoms with Gasteiger partial charge in [-0.05, 0) is 63.6 Å². The standard InChI is InChI=1S/C11H11BrINO/c1-7(2)6-14-11(15)9-5-8(13)3-4-10(9)12/h3-5H,1,6H2,2H3,(H,14,15). The highest BCUT2D eigenvalue weighted by Gasteiger charge is 2.09. The van der Waals surface area contributed by atoms with Crippen LogP contribution in [0.15, 0.2) is 34.8 Å². The molecule has 1 aromatic rings. The Morgan fingerprint density at radius 2 is 2.27 bits per heavy atom. The van der Waals surface area contributed by atoms with E-state index in [-0.39, 0.29) is 5.91 Å². The van der Waals surface area contributed by atoms with E-state index in [0.29, 0.717) is 12.1 Å². The Bertz CT molecular complexity index is 404. The molecule has 0 unspecified atom stereocenters. The van der Waals surface area contributed by atoms with Crippen molar-refractivity contribution >= 4 is 44.4 Å². The average molecular weight is 380 g/mol. The SMILES string of the molecule is C=C(C)CNC(=O)c1cc(I)ccc1Br. The van der Waals surface area contributed by atoms with Gasteiger partial charge < -0.3 is 5.32 Å². The highest BCUT2D eigenvalue weighted by molar-refractivity contribution is 14.1. The third-order valence-electron chi connectivity index (χ3n) is 1.72. The minimum Gasteiger partial charge on any atom is -0.348 e. The number of benzene rings is 1. The van der Waals surface area contributed by atoms with Crippen molar-refractivity contribution in [3.8, 4) is 0 Å². The summed E-state index contributed by atoms with van der Waals surface area (Å²) >= 11 is 5.53. The lowest BCUT2D eigenvalue weighted by molar-refractivity contribution is 0.0956. The molecule has 0 saturated carbocycles. The fraction of sp³-hybridized carbons (Fsp3) is 0.182. The maximum Gasteiger partial charge on any atom is 0.252 e. The zero-order valence-corrected chi connectivity index (χ0v) is 12.1. The topological polar surface area (TPSA) is 29.1 Å². The normalized spacial score (nSPS) is 9.80. The summed E-state index contributed by atoms with van der Waals surface area (Å²) in [4.78, 5) is 11.7. The van der Waals surface area contributed by atoms with Crippen LogP contribution in [0.2, 0.25) is 0 Å². The van der Waals surface area contributed by atoms with Gasteiger partial charge in [0, 0.05) is 14.6 Å². The number of nitrogens with one attached hydrogen (secondary N) is 1. The third-order valence-corrected chi connectivity index (χ3v) is 3.09. The summed E-state index contributed by atoms with van der Waals surface area (Å²) in [5.41, 5.74) is 1.59. The molecule has 0 radical (unpaired) electrons. The van der Waals surface area contributed by atoms with E-state index in [4.69, 9.17) is 0 Å². The molecule has 1 aromatic carbocycles. The molecule has 0 aliphatic heterocycles. The van der Waals surface area contributed by atoms with Gasteiger partial charge in [-0.2, -0.15) is 0 Å². The maximum absolute atomic E-state index is 11.7. The first-order chi connectivity index (χ1) is 7.00. The van der Waals surface area contributed by atoms with Crippen molar-refractivity contribution in [3.63, 3.8) is 0 Å². The molecule has 0 fully saturated rings. The van der Waals surface area contributed by atoms with Crippen LogP contribution in [0, 0.1) is 3.57 Å². The van der Waals surface area contributed by atoms with Crippen LogP contribution in [0.3, 0.4) is 0 Å². The van der Waals surface area contributed by atoms with Crippen molar-refractivity contribution in [2.75, 3.05) is 6.54 Å². The zero-order valence-electron chi connectivity index (χ0n) is 8.31. The highest BCUT2D eigenvalue weighted by Crippen LogP contribution is 2.19. The molecule has 0 bridgehead atoms. The summed E-state index contributed by atoms with van der Waals surface area (Å²) in [6.07, 6.45) is 0. The van der Waals surface area contributed by atoms with E-state index in [1.165, 1.54) is 0 Å². The van der Waals surface area contributed by atoms with E-state index in [0.717, 1.165) is 13.6 Å². The molecule has 2 nitrogen and oxygen atoms in total. The zero-order chi connectivity index (χ0) is 11.4. The molecule has 15 heavy (non-hydrogen) atoms. The van der Waals surface area contributed by atoms with Crippen LogP contribution >= 0.6 is 38.5 Å². The van der Waals surface area contributed by atoms with Gasteiger partial charge >= 0.3 is 0 Å². The number of hydrogen-bond donors (Lipinski definition) is 1. The number of amides is 1. The van der Waals surface area contributed by atoms with E-state index in [9.17, 15) is 4.79 Å². The molecule has 0 saturated heterocycles. The monoisotopic (exact) mass is 379 g/mol. The molecule has 1 N–H and O–H groups in total. The van der Waals surface area contributed by atoms with Crippen molar-refractivity contribution < 1.29 is 4.79 Å². The Balaban J connectivity index is 2.81. The van der Waals surface area contributed by atoms with Gasteiger partial charge in [-0.1, -0.05) is 12.2 Å². The summed E-state index contributed by atoms with van der Waals surface area (Å²) < 4.78 is 1.85. The van der Waals surface area contributed by atoms with Crippen LogP contribution in [0.4, 0.5) is 0 Å². The largest absolute Gasteiger partial charge is 0.348 e. The molecule has 4 heteroatoms. The van der Waals surface area contributed by atoms with Crippen LogP contribution in [0.1, 0.15) is 17.3 Å². The predicted octanol–water partition coefficient (Wildman–Crippen LogP) is 3.36. The van der Waals surface area contributed by atoms with Gasteiger partial charge in [0.05, 0.1) is 5.56 Å². The molecule has 1 amide bonds. The molecule has 80 valence electrons. The quantitative estimate of drug-likeness (QED) is 0.633. The van der Waals surface area contributed by atoms with Crippen molar-refractivity contribution in [3.05, 3.63) is 44.0 Å². The summed E-state index contributed by atoms with van der Waals surface area (Å²) in [6.45, 7) is 6.12. The molecule has 1 rings (SSSR count). The fourth-order valence-electron chi connectivity index (χ4n) is 0.998. The number of hydrogen-bond acceptors (Lipinski definition) is 1. The molecular formula is C11H11BrINO. The first-order valence-electron chi connectivity index (χ1n) is 4.38. The fourth-order valence-corrected chi connectivity index (χ4v) is 1.92. The minimum absolute atomic E-state index is 0.0802. The number of halogens is 2.